The maximum Gasteiger partial charge on any atom is 0.228 e. The molecule has 1 saturated heterocycles. The van der Waals surface area contributed by atoms with Gasteiger partial charge in [-0.2, -0.15) is 0 Å². The number of piperidine rings is 1. The van der Waals surface area contributed by atoms with Gasteiger partial charge in [-0.1, -0.05) is 39.0 Å². The van der Waals surface area contributed by atoms with Crippen LogP contribution in [0.2, 0.25) is 0 Å². The second kappa shape index (κ2) is 17.6. The Hall–Kier alpha value is -1.46. The molecular formula is C31H59FN8O. The van der Waals surface area contributed by atoms with Crippen LogP contribution in [-0.4, -0.2) is 81.5 Å². The molecule has 1 saturated carbocycles. The zero-order valence-corrected chi connectivity index (χ0v) is 25.7. The van der Waals surface area contributed by atoms with Crippen LogP contribution in [0.1, 0.15) is 96.8 Å². The molecule has 6 atom stereocenters. The Morgan fingerprint density at radius 2 is 1.95 bits per heavy atom. The summed E-state index contributed by atoms with van der Waals surface area (Å²) >= 11 is 0. The summed E-state index contributed by atoms with van der Waals surface area (Å²) in [6.45, 7) is 5.29. The standard InChI is InChI=1S/C31H59FN8O/c1-3-4-6-9-24(33)22(11-16-36-2)19-38-25-12-17-37-21-27(25)40-30(41)28(29(34)35)26-18-31(13-7-5-8-14-31)15-10-23(32)20-39-26/h20,22-23,25-29,33,36-38H,3-19,21,34-35H2,1-2H3,(H,40,41)/b33-24?,39-20-. The van der Waals surface area contributed by atoms with Gasteiger partial charge in [0, 0.05) is 37.0 Å². The molecule has 0 aromatic carbocycles. The minimum Gasteiger partial charge on any atom is -0.350 e. The lowest BCUT2D eigenvalue weighted by atomic mass is 9.65. The zero-order chi connectivity index (χ0) is 29.7. The number of nitrogens with zero attached hydrogens (tertiary/aromatic N) is 1. The molecule has 3 rings (SSSR count). The van der Waals surface area contributed by atoms with Gasteiger partial charge in [-0.15, -0.1) is 0 Å². The quantitative estimate of drug-likeness (QED) is 0.0901. The predicted octanol–water partition coefficient (Wildman–Crippen LogP) is 3.02. The van der Waals surface area contributed by atoms with Crippen molar-refractivity contribution in [2.24, 2.45) is 33.7 Å². The third-order valence-electron chi connectivity index (χ3n) is 9.80. The molecule has 0 aromatic heterocycles. The fourth-order valence-electron chi connectivity index (χ4n) is 7.22. The van der Waals surface area contributed by atoms with Gasteiger partial charge in [0.25, 0.3) is 0 Å². The molecule has 1 amide bonds. The summed E-state index contributed by atoms with van der Waals surface area (Å²) in [5.74, 6) is -0.739. The Balaban J connectivity index is 1.68. The molecule has 41 heavy (non-hydrogen) atoms. The molecule has 0 bridgehead atoms. The number of carbonyl (C=O) groups is 1. The SMILES string of the molecule is CCCCCC(=N)C(CCNC)CNC1CCNCC1NC(=O)C(C(N)N)C1CC2(CCCCC2)CCC(F)/C=N\1. The monoisotopic (exact) mass is 578 g/mol. The van der Waals surface area contributed by atoms with Crippen LogP contribution in [-0.2, 0) is 4.79 Å². The maximum absolute atomic E-state index is 14.6. The molecule has 9 nitrogen and oxygen atoms in total. The molecule has 2 aliphatic heterocycles. The van der Waals surface area contributed by atoms with Crippen LogP contribution in [0.4, 0.5) is 4.39 Å². The molecule has 0 radical (unpaired) electrons. The lowest BCUT2D eigenvalue weighted by molar-refractivity contribution is -0.127. The molecule has 1 aliphatic carbocycles. The Morgan fingerprint density at radius 1 is 1.17 bits per heavy atom. The summed E-state index contributed by atoms with van der Waals surface area (Å²) in [5.41, 5.74) is 13.4. The van der Waals surface area contributed by atoms with Crippen molar-refractivity contribution < 1.29 is 9.18 Å². The third kappa shape index (κ3) is 10.6. The highest BCUT2D eigenvalue weighted by Crippen LogP contribution is 2.46. The van der Waals surface area contributed by atoms with Crippen molar-refractivity contribution >= 4 is 17.8 Å². The van der Waals surface area contributed by atoms with E-state index in [1.54, 1.807) is 0 Å². The fraction of sp³-hybridized carbons (Fsp3) is 0.903. The van der Waals surface area contributed by atoms with Gasteiger partial charge < -0.3 is 38.1 Å². The number of nitrogens with two attached hydrogens (primary N) is 2. The summed E-state index contributed by atoms with van der Waals surface area (Å²) in [6, 6.07) is -0.480. The number of halogens is 1. The minimum absolute atomic E-state index is 0.0128. The first-order chi connectivity index (χ1) is 19.8. The average Bonchev–Trinajstić information content (AvgIpc) is 2.95. The summed E-state index contributed by atoms with van der Waals surface area (Å²) in [7, 11) is 1.95. The summed E-state index contributed by atoms with van der Waals surface area (Å²) in [5, 5.41) is 22.3. The molecule has 10 heteroatoms. The van der Waals surface area contributed by atoms with Gasteiger partial charge in [-0.25, -0.2) is 4.39 Å². The molecule has 1 spiro atoms. The number of nitrogens with one attached hydrogen (secondary N) is 5. The lowest BCUT2D eigenvalue weighted by Crippen LogP contribution is -2.62. The highest BCUT2D eigenvalue weighted by molar-refractivity contribution is 5.84. The van der Waals surface area contributed by atoms with Crippen LogP contribution in [0, 0.1) is 22.7 Å². The van der Waals surface area contributed by atoms with Crippen molar-refractivity contribution in [3.05, 3.63) is 0 Å². The van der Waals surface area contributed by atoms with E-state index >= 15 is 0 Å². The van der Waals surface area contributed by atoms with E-state index in [1.807, 2.05) is 7.05 Å². The molecule has 2 fully saturated rings. The summed E-state index contributed by atoms with van der Waals surface area (Å²) < 4.78 is 14.6. The van der Waals surface area contributed by atoms with E-state index in [4.69, 9.17) is 16.9 Å². The Kier molecular flexibility index (Phi) is 14.6. The van der Waals surface area contributed by atoms with Gasteiger partial charge >= 0.3 is 0 Å². The largest absolute Gasteiger partial charge is 0.350 e. The lowest BCUT2D eigenvalue weighted by Gasteiger charge is -2.43. The Labute approximate surface area is 247 Å². The summed E-state index contributed by atoms with van der Waals surface area (Å²) in [6.07, 6.45) is 13.1. The van der Waals surface area contributed by atoms with Crippen molar-refractivity contribution in [3.8, 4) is 0 Å². The van der Waals surface area contributed by atoms with Crippen LogP contribution >= 0.6 is 0 Å². The number of hydrogen-bond acceptors (Lipinski definition) is 8. The molecule has 0 aromatic rings. The number of rotatable bonds is 15. The van der Waals surface area contributed by atoms with Gasteiger partial charge in [-0.05, 0) is 83.3 Å². The maximum atomic E-state index is 14.6. The topological polar surface area (TPSA) is 153 Å². The normalized spacial score (nSPS) is 28.9. The Morgan fingerprint density at radius 3 is 2.66 bits per heavy atom. The first-order valence-electron chi connectivity index (χ1n) is 16.4. The van der Waals surface area contributed by atoms with Crippen molar-refractivity contribution in [2.45, 2.75) is 127 Å². The van der Waals surface area contributed by atoms with Crippen molar-refractivity contribution in [3.63, 3.8) is 0 Å². The predicted molar refractivity (Wildman–Crippen MR) is 167 cm³/mol. The van der Waals surface area contributed by atoms with Crippen LogP contribution in [0.15, 0.2) is 4.99 Å². The van der Waals surface area contributed by atoms with E-state index in [0.717, 1.165) is 102 Å². The number of carbonyl (C=O) groups excluding carboxylic acids is 1. The van der Waals surface area contributed by atoms with Crippen LogP contribution < -0.4 is 32.7 Å². The van der Waals surface area contributed by atoms with Gasteiger partial charge in [0.2, 0.25) is 5.91 Å². The zero-order valence-electron chi connectivity index (χ0n) is 25.7. The second-order valence-electron chi connectivity index (χ2n) is 13.0. The molecule has 6 unspecified atom stereocenters. The van der Waals surface area contributed by atoms with Gasteiger partial charge in [0.15, 0.2) is 0 Å². The molecule has 3 aliphatic rings. The van der Waals surface area contributed by atoms with Crippen LogP contribution in [0.5, 0.6) is 0 Å². The van der Waals surface area contributed by atoms with Gasteiger partial charge in [0.1, 0.15) is 6.17 Å². The van der Waals surface area contributed by atoms with Gasteiger partial charge in [0.05, 0.1) is 24.2 Å². The highest BCUT2D eigenvalue weighted by Gasteiger charge is 2.42. The van der Waals surface area contributed by atoms with E-state index in [2.05, 4.69) is 33.2 Å². The third-order valence-corrected chi connectivity index (χ3v) is 9.80. The number of alkyl halides is 1. The van der Waals surface area contributed by atoms with Crippen LogP contribution in [0.25, 0.3) is 0 Å². The van der Waals surface area contributed by atoms with E-state index < -0.39 is 24.3 Å². The molecular weight excluding hydrogens is 519 g/mol. The van der Waals surface area contributed by atoms with E-state index in [0.29, 0.717) is 13.0 Å². The molecule has 2 heterocycles. The Bertz CT molecular complexity index is 818. The first kappa shape index (κ1) is 34.0. The number of amides is 1. The second-order valence-corrected chi connectivity index (χ2v) is 13.0. The fourth-order valence-corrected chi connectivity index (χ4v) is 7.22. The van der Waals surface area contributed by atoms with E-state index in [9.17, 15) is 9.18 Å². The highest BCUT2D eigenvalue weighted by atomic mass is 19.1. The van der Waals surface area contributed by atoms with Crippen molar-refractivity contribution in [1.82, 2.24) is 21.3 Å². The van der Waals surface area contributed by atoms with Gasteiger partial charge in [-0.3, -0.25) is 9.79 Å². The van der Waals surface area contributed by atoms with E-state index in [1.165, 1.54) is 12.6 Å². The smallest absolute Gasteiger partial charge is 0.228 e. The number of aliphatic imine (C=N–C) groups is 1. The summed E-state index contributed by atoms with van der Waals surface area (Å²) in [4.78, 5) is 18.5. The first-order valence-corrected chi connectivity index (χ1v) is 16.4. The van der Waals surface area contributed by atoms with E-state index in [-0.39, 0.29) is 29.3 Å². The van der Waals surface area contributed by atoms with Crippen LogP contribution in [0.3, 0.4) is 0 Å². The number of unbranched alkanes of at least 4 members (excludes halogenated alkanes) is 2. The number of hydrogen-bond donors (Lipinski definition) is 7. The average molecular weight is 579 g/mol. The minimum atomic E-state index is -1.10. The molecule has 236 valence electrons. The van der Waals surface area contributed by atoms with Crippen molar-refractivity contribution in [1.29, 1.82) is 5.41 Å². The van der Waals surface area contributed by atoms with Crippen molar-refractivity contribution in [2.75, 3.05) is 33.2 Å². The molecule has 9 N–H and O–H groups in total.